The van der Waals surface area contributed by atoms with Crippen molar-refractivity contribution in [2.45, 2.75) is 13.0 Å². The maximum absolute atomic E-state index is 11.8. The van der Waals surface area contributed by atoms with Crippen molar-refractivity contribution in [2.75, 3.05) is 12.3 Å². The number of benzene rings is 1. The summed E-state index contributed by atoms with van der Waals surface area (Å²) in [5.41, 5.74) is 6.76. The molecule has 0 radical (unpaired) electrons. The topological polar surface area (TPSA) is 97.4 Å². The standard InChI is InChI=1S/C15H17N3O3/c16-12-3-6-15(21)18(9-12)10-14(20)17-8-7-11-1-4-13(19)5-2-11/h1-6,9,19H,7-8,10,16H2,(H,17,20). The summed E-state index contributed by atoms with van der Waals surface area (Å²) in [5, 5.41) is 11.9. The van der Waals surface area contributed by atoms with Gasteiger partial charge in [0.25, 0.3) is 5.56 Å². The highest BCUT2D eigenvalue weighted by atomic mass is 16.3. The van der Waals surface area contributed by atoms with Gasteiger partial charge in [-0.05, 0) is 30.2 Å². The predicted molar refractivity (Wildman–Crippen MR) is 79.9 cm³/mol. The second-order valence-electron chi connectivity index (χ2n) is 4.69. The lowest BCUT2D eigenvalue weighted by Gasteiger charge is -2.08. The number of carbonyl (C=O) groups excluding carboxylic acids is 1. The fourth-order valence-corrected chi connectivity index (χ4v) is 1.89. The van der Waals surface area contributed by atoms with Gasteiger partial charge in [0.2, 0.25) is 5.91 Å². The van der Waals surface area contributed by atoms with Crippen LogP contribution in [0.25, 0.3) is 0 Å². The van der Waals surface area contributed by atoms with Crippen LogP contribution in [-0.4, -0.2) is 22.1 Å². The lowest BCUT2D eigenvalue weighted by Crippen LogP contribution is -2.33. The third kappa shape index (κ3) is 4.38. The van der Waals surface area contributed by atoms with E-state index in [4.69, 9.17) is 5.73 Å². The monoisotopic (exact) mass is 287 g/mol. The van der Waals surface area contributed by atoms with E-state index >= 15 is 0 Å². The fraction of sp³-hybridized carbons (Fsp3) is 0.200. The molecule has 0 aliphatic rings. The Bertz CT molecular complexity index is 677. The average Bonchev–Trinajstić information content (AvgIpc) is 2.45. The smallest absolute Gasteiger partial charge is 0.251 e. The molecule has 2 rings (SSSR count). The van der Waals surface area contributed by atoms with E-state index in [0.717, 1.165) is 5.56 Å². The first-order chi connectivity index (χ1) is 10.0. The second-order valence-corrected chi connectivity index (χ2v) is 4.69. The Balaban J connectivity index is 1.83. The molecule has 0 atom stereocenters. The number of pyridine rings is 1. The zero-order valence-electron chi connectivity index (χ0n) is 11.5. The summed E-state index contributed by atoms with van der Waals surface area (Å²) < 4.78 is 1.27. The van der Waals surface area contributed by atoms with Gasteiger partial charge in [-0.15, -0.1) is 0 Å². The van der Waals surface area contributed by atoms with Gasteiger partial charge in [0.1, 0.15) is 12.3 Å². The third-order valence-electron chi connectivity index (χ3n) is 2.99. The number of aromatic hydroxyl groups is 1. The summed E-state index contributed by atoms with van der Waals surface area (Å²) >= 11 is 0. The highest BCUT2D eigenvalue weighted by Crippen LogP contribution is 2.09. The maximum Gasteiger partial charge on any atom is 0.251 e. The Morgan fingerprint density at radius 2 is 1.90 bits per heavy atom. The van der Waals surface area contributed by atoms with Gasteiger partial charge in [-0.25, -0.2) is 0 Å². The Morgan fingerprint density at radius 3 is 2.62 bits per heavy atom. The minimum atomic E-state index is -0.266. The normalized spacial score (nSPS) is 10.3. The summed E-state index contributed by atoms with van der Waals surface area (Å²) in [6.07, 6.45) is 2.10. The Labute approximate surface area is 121 Å². The molecular weight excluding hydrogens is 270 g/mol. The van der Waals surface area contributed by atoms with Gasteiger partial charge in [-0.1, -0.05) is 12.1 Å². The van der Waals surface area contributed by atoms with Crippen LogP contribution >= 0.6 is 0 Å². The number of nitrogens with two attached hydrogens (primary N) is 1. The number of aromatic nitrogens is 1. The summed E-state index contributed by atoms with van der Waals surface area (Å²) in [7, 11) is 0. The molecule has 1 heterocycles. The third-order valence-corrected chi connectivity index (χ3v) is 2.99. The molecule has 0 saturated heterocycles. The first-order valence-electron chi connectivity index (χ1n) is 6.55. The molecule has 0 fully saturated rings. The molecule has 0 aliphatic heterocycles. The van der Waals surface area contributed by atoms with Crippen molar-refractivity contribution in [1.82, 2.24) is 9.88 Å². The molecule has 1 aromatic carbocycles. The van der Waals surface area contributed by atoms with Crippen LogP contribution in [0.1, 0.15) is 5.56 Å². The van der Waals surface area contributed by atoms with E-state index < -0.39 is 0 Å². The minimum absolute atomic E-state index is 0.0561. The van der Waals surface area contributed by atoms with Crippen LogP contribution in [0, 0.1) is 0 Å². The van der Waals surface area contributed by atoms with E-state index in [9.17, 15) is 14.7 Å². The van der Waals surface area contributed by atoms with Gasteiger partial charge in [0.05, 0.1) is 0 Å². The molecule has 0 unspecified atom stereocenters. The number of nitrogens with zero attached hydrogens (tertiary/aromatic N) is 1. The fourth-order valence-electron chi connectivity index (χ4n) is 1.89. The molecule has 0 saturated carbocycles. The van der Waals surface area contributed by atoms with Crippen LogP contribution in [0.2, 0.25) is 0 Å². The number of amides is 1. The SMILES string of the molecule is Nc1ccc(=O)n(CC(=O)NCCc2ccc(O)cc2)c1. The number of hydrogen-bond acceptors (Lipinski definition) is 4. The van der Waals surface area contributed by atoms with Crippen LogP contribution in [-0.2, 0) is 17.8 Å². The quantitative estimate of drug-likeness (QED) is 0.745. The van der Waals surface area contributed by atoms with Gasteiger partial charge in [0.15, 0.2) is 0 Å². The number of carbonyl (C=O) groups is 1. The van der Waals surface area contributed by atoms with E-state index in [1.54, 1.807) is 24.3 Å². The summed E-state index contributed by atoms with van der Waals surface area (Å²) in [6, 6.07) is 9.63. The van der Waals surface area contributed by atoms with E-state index in [0.29, 0.717) is 18.7 Å². The van der Waals surface area contributed by atoms with Crippen molar-refractivity contribution in [3.05, 3.63) is 58.5 Å². The molecule has 1 aromatic heterocycles. The zero-order valence-corrected chi connectivity index (χ0v) is 11.5. The van der Waals surface area contributed by atoms with Gasteiger partial charge < -0.3 is 20.7 Å². The van der Waals surface area contributed by atoms with Crippen molar-refractivity contribution < 1.29 is 9.90 Å². The maximum atomic E-state index is 11.8. The molecule has 6 heteroatoms. The zero-order chi connectivity index (χ0) is 15.2. The molecule has 110 valence electrons. The highest BCUT2D eigenvalue weighted by Gasteiger charge is 2.04. The predicted octanol–water partition coefficient (Wildman–Crippen LogP) is 0.495. The van der Waals surface area contributed by atoms with Crippen molar-refractivity contribution in [3.63, 3.8) is 0 Å². The van der Waals surface area contributed by atoms with Crippen molar-refractivity contribution in [2.24, 2.45) is 0 Å². The van der Waals surface area contributed by atoms with Crippen molar-refractivity contribution in [3.8, 4) is 5.75 Å². The second kappa shape index (κ2) is 6.60. The largest absolute Gasteiger partial charge is 0.508 e. The first kappa shape index (κ1) is 14.6. The van der Waals surface area contributed by atoms with Gasteiger partial charge in [-0.3, -0.25) is 9.59 Å². The Morgan fingerprint density at radius 1 is 1.19 bits per heavy atom. The number of anilines is 1. The lowest BCUT2D eigenvalue weighted by molar-refractivity contribution is -0.121. The van der Waals surface area contributed by atoms with E-state index in [1.807, 2.05) is 0 Å². The van der Waals surface area contributed by atoms with E-state index in [-0.39, 0.29) is 23.8 Å². The van der Waals surface area contributed by atoms with Crippen LogP contribution in [0.5, 0.6) is 5.75 Å². The van der Waals surface area contributed by atoms with Crippen molar-refractivity contribution in [1.29, 1.82) is 0 Å². The summed E-state index contributed by atoms with van der Waals surface area (Å²) in [6.45, 7) is 0.403. The van der Waals surface area contributed by atoms with Crippen molar-refractivity contribution >= 4 is 11.6 Å². The number of phenolic OH excluding ortho intramolecular Hbond substituents is 1. The van der Waals surface area contributed by atoms with Gasteiger partial charge in [0, 0.05) is 24.5 Å². The summed E-state index contributed by atoms with van der Waals surface area (Å²) in [4.78, 5) is 23.3. The Kier molecular flexibility index (Phi) is 4.61. The molecule has 4 N–H and O–H groups in total. The number of rotatable bonds is 5. The number of hydrogen-bond donors (Lipinski definition) is 3. The Hall–Kier alpha value is -2.76. The van der Waals surface area contributed by atoms with Crippen LogP contribution in [0.15, 0.2) is 47.4 Å². The van der Waals surface area contributed by atoms with Gasteiger partial charge >= 0.3 is 0 Å². The van der Waals surface area contributed by atoms with E-state index in [1.165, 1.54) is 22.9 Å². The molecule has 6 nitrogen and oxygen atoms in total. The molecular formula is C15H17N3O3. The van der Waals surface area contributed by atoms with Crippen LogP contribution < -0.4 is 16.6 Å². The molecule has 0 aliphatic carbocycles. The number of nitrogens with one attached hydrogen (secondary N) is 1. The van der Waals surface area contributed by atoms with E-state index in [2.05, 4.69) is 5.32 Å². The number of nitrogen functional groups attached to an aromatic ring is 1. The molecule has 2 aromatic rings. The van der Waals surface area contributed by atoms with Crippen LogP contribution in [0.3, 0.4) is 0 Å². The van der Waals surface area contributed by atoms with Gasteiger partial charge in [-0.2, -0.15) is 0 Å². The minimum Gasteiger partial charge on any atom is -0.508 e. The molecule has 0 spiro atoms. The average molecular weight is 287 g/mol. The number of phenols is 1. The first-order valence-corrected chi connectivity index (χ1v) is 6.55. The van der Waals surface area contributed by atoms with Crippen LogP contribution in [0.4, 0.5) is 5.69 Å². The highest BCUT2D eigenvalue weighted by molar-refractivity contribution is 5.75. The molecule has 0 bridgehead atoms. The summed E-state index contributed by atoms with van der Waals surface area (Å²) in [5.74, 6) is -0.0368. The lowest BCUT2D eigenvalue weighted by atomic mass is 10.1. The molecule has 21 heavy (non-hydrogen) atoms. The molecule has 1 amide bonds.